The van der Waals surface area contributed by atoms with Crippen LogP contribution in [0.3, 0.4) is 0 Å². The third-order valence-corrected chi connectivity index (χ3v) is 9.07. The molecule has 0 bridgehead atoms. The Hall–Kier alpha value is -2.19. The third kappa shape index (κ3) is 5.95. The number of nitrogens with one attached hydrogen (secondary N) is 1. The van der Waals surface area contributed by atoms with Crippen molar-refractivity contribution < 1.29 is 9.90 Å². The lowest BCUT2D eigenvalue weighted by Crippen LogP contribution is -2.44. The van der Waals surface area contributed by atoms with Gasteiger partial charge in [-0.3, -0.25) is 4.79 Å². The van der Waals surface area contributed by atoms with E-state index in [0.29, 0.717) is 29.9 Å². The number of nitrogens with zero attached hydrogens (tertiary/aromatic N) is 5. The summed E-state index contributed by atoms with van der Waals surface area (Å²) in [5, 5.41) is 14.7. The fraction of sp³-hybridized carbons (Fsp3) is 0.759. The normalized spacial score (nSPS) is 25.5. The highest BCUT2D eigenvalue weighted by Crippen LogP contribution is 2.38. The fourth-order valence-electron chi connectivity index (χ4n) is 6.71. The molecule has 0 unspecified atom stereocenters. The molecule has 0 spiro atoms. The first-order valence-corrected chi connectivity index (χ1v) is 14.7. The van der Waals surface area contributed by atoms with Crippen molar-refractivity contribution in [1.29, 1.82) is 0 Å². The lowest BCUT2D eigenvalue weighted by molar-refractivity contribution is -0.138. The van der Waals surface area contributed by atoms with Crippen LogP contribution in [-0.2, 0) is 4.79 Å². The first-order valence-electron chi connectivity index (χ1n) is 14.7. The number of amides is 1. The molecular weight excluding hydrogens is 464 g/mol. The highest BCUT2D eigenvalue weighted by atomic mass is 16.3. The number of hydrogen-bond donors (Lipinski definition) is 2. The molecule has 1 amide bonds. The topological polar surface area (TPSA) is 86.5 Å². The zero-order valence-electron chi connectivity index (χ0n) is 23.0. The van der Waals surface area contributed by atoms with Crippen LogP contribution in [0.2, 0.25) is 0 Å². The molecule has 1 saturated carbocycles. The lowest BCUT2D eigenvalue weighted by Gasteiger charge is -2.36. The van der Waals surface area contributed by atoms with Gasteiger partial charge < -0.3 is 24.8 Å². The van der Waals surface area contributed by atoms with Crippen molar-refractivity contribution in [2.24, 2.45) is 5.92 Å². The standard InChI is InChI=1S/C29H46N6O2/c1-4-5-20(2)31-29-30-18-25-26(19-35(27(25)32-29)23-6-8-24(36)9-7-23)21-12-16-34(17-13-21)28(37)22-10-14-33(3)15-11-22/h18-24,36H,4-17H2,1-3H3,(H,30,31,32)/t20-,23?,24?/m0/s1. The van der Waals surface area contributed by atoms with Gasteiger partial charge in [0, 0.05) is 48.9 Å². The van der Waals surface area contributed by atoms with Gasteiger partial charge in [-0.05, 0) is 96.3 Å². The SMILES string of the molecule is CCC[C@H](C)Nc1ncc2c(C3CCN(C(=O)C4CCN(C)CC4)CC3)cn(C3CCC(O)CC3)c2n1. The molecule has 37 heavy (non-hydrogen) atoms. The zero-order valence-corrected chi connectivity index (χ0v) is 23.0. The molecule has 8 nitrogen and oxygen atoms in total. The van der Waals surface area contributed by atoms with Crippen molar-refractivity contribution in [1.82, 2.24) is 24.3 Å². The van der Waals surface area contributed by atoms with Crippen molar-refractivity contribution >= 4 is 22.9 Å². The summed E-state index contributed by atoms with van der Waals surface area (Å²) in [6, 6.07) is 0.697. The summed E-state index contributed by atoms with van der Waals surface area (Å²) in [6.45, 7) is 8.12. The summed E-state index contributed by atoms with van der Waals surface area (Å²) >= 11 is 0. The number of hydrogen-bond acceptors (Lipinski definition) is 6. The first kappa shape index (κ1) is 26.4. The first-order chi connectivity index (χ1) is 17.9. The second-order valence-electron chi connectivity index (χ2n) is 11.9. The number of rotatable bonds is 7. The Kier molecular flexibility index (Phi) is 8.34. The minimum absolute atomic E-state index is 0.175. The van der Waals surface area contributed by atoms with Crippen molar-refractivity contribution in [3.05, 3.63) is 18.0 Å². The molecule has 0 aromatic carbocycles. The third-order valence-electron chi connectivity index (χ3n) is 9.07. The molecule has 2 N–H and O–H groups in total. The molecular formula is C29H46N6O2. The maximum absolute atomic E-state index is 13.2. The maximum atomic E-state index is 13.2. The van der Waals surface area contributed by atoms with Gasteiger partial charge in [0.1, 0.15) is 5.65 Å². The Morgan fingerprint density at radius 1 is 1.08 bits per heavy atom. The van der Waals surface area contributed by atoms with E-state index in [1.165, 1.54) is 5.56 Å². The average Bonchev–Trinajstić information content (AvgIpc) is 3.28. The van der Waals surface area contributed by atoms with Gasteiger partial charge in [-0.25, -0.2) is 4.98 Å². The van der Waals surface area contributed by atoms with Gasteiger partial charge in [0.05, 0.1) is 6.10 Å². The van der Waals surface area contributed by atoms with Crippen molar-refractivity contribution in [2.75, 3.05) is 38.5 Å². The van der Waals surface area contributed by atoms with Crippen LogP contribution >= 0.6 is 0 Å². The molecule has 204 valence electrons. The number of aliphatic hydroxyl groups is 1. The van der Waals surface area contributed by atoms with Crippen LogP contribution in [0, 0.1) is 5.92 Å². The molecule has 4 heterocycles. The number of piperidine rings is 2. The van der Waals surface area contributed by atoms with Gasteiger partial charge in [-0.2, -0.15) is 4.98 Å². The Morgan fingerprint density at radius 3 is 2.46 bits per heavy atom. The summed E-state index contributed by atoms with van der Waals surface area (Å²) in [6.07, 6.45) is 14.0. The van der Waals surface area contributed by atoms with Crippen molar-refractivity contribution in [3.8, 4) is 0 Å². The van der Waals surface area contributed by atoms with E-state index in [1.54, 1.807) is 0 Å². The number of aliphatic hydroxyl groups excluding tert-OH is 1. The molecule has 0 radical (unpaired) electrons. The van der Waals surface area contributed by atoms with Crippen LogP contribution in [0.1, 0.15) is 95.6 Å². The van der Waals surface area contributed by atoms with Crippen LogP contribution in [0.5, 0.6) is 0 Å². The molecule has 3 fully saturated rings. The maximum Gasteiger partial charge on any atom is 0.225 e. The molecule has 3 aliphatic rings. The number of carbonyl (C=O) groups excluding carboxylic acids is 1. The monoisotopic (exact) mass is 510 g/mol. The number of fused-ring (bicyclic) bond motifs is 1. The fourth-order valence-corrected chi connectivity index (χ4v) is 6.71. The van der Waals surface area contributed by atoms with Crippen LogP contribution in [0.25, 0.3) is 11.0 Å². The molecule has 2 aromatic heterocycles. The second-order valence-corrected chi connectivity index (χ2v) is 11.9. The van der Waals surface area contributed by atoms with Crippen LogP contribution in [0.15, 0.2) is 12.4 Å². The van der Waals surface area contributed by atoms with E-state index in [4.69, 9.17) is 9.97 Å². The van der Waals surface area contributed by atoms with E-state index >= 15 is 0 Å². The van der Waals surface area contributed by atoms with Gasteiger partial charge in [0.2, 0.25) is 11.9 Å². The number of anilines is 1. The largest absolute Gasteiger partial charge is 0.393 e. The minimum Gasteiger partial charge on any atom is -0.393 e. The van der Waals surface area contributed by atoms with E-state index in [-0.39, 0.29) is 12.0 Å². The minimum atomic E-state index is -0.175. The molecule has 8 heteroatoms. The molecule has 1 atom stereocenters. The van der Waals surface area contributed by atoms with Gasteiger partial charge in [0.25, 0.3) is 0 Å². The predicted octanol–water partition coefficient (Wildman–Crippen LogP) is 4.56. The van der Waals surface area contributed by atoms with Gasteiger partial charge in [-0.15, -0.1) is 0 Å². The summed E-state index contributed by atoms with van der Waals surface area (Å²) in [5.41, 5.74) is 2.35. The predicted molar refractivity (Wildman–Crippen MR) is 148 cm³/mol. The molecule has 1 aliphatic carbocycles. The number of carbonyl (C=O) groups is 1. The van der Waals surface area contributed by atoms with Crippen molar-refractivity contribution in [2.45, 2.75) is 102 Å². The summed E-state index contributed by atoms with van der Waals surface area (Å²) in [5.74, 6) is 1.69. The summed E-state index contributed by atoms with van der Waals surface area (Å²) in [7, 11) is 2.15. The Bertz CT molecular complexity index is 1050. The molecule has 2 aromatic rings. The Labute approximate surface area is 221 Å². The second kappa shape index (κ2) is 11.7. The van der Waals surface area contributed by atoms with Gasteiger partial charge in [0.15, 0.2) is 0 Å². The molecule has 5 rings (SSSR count). The molecule has 2 aliphatic heterocycles. The van der Waals surface area contributed by atoms with E-state index in [9.17, 15) is 9.90 Å². The van der Waals surface area contributed by atoms with E-state index in [0.717, 1.165) is 101 Å². The quantitative estimate of drug-likeness (QED) is 0.568. The van der Waals surface area contributed by atoms with Crippen LogP contribution in [0.4, 0.5) is 5.95 Å². The average molecular weight is 511 g/mol. The highest BCUT2D eigenvalue weighted by molar-refractivity contribution is 5.82. The van der Waals surface area contributed by atoms with E-state index in [1.807, 2.05) is 6.20 Å². The van der Waals surface area contributed by atoms with Crippen molar-refractivity contribution in [3.63, 3.8) is 0 Å². The van der Waals surface area contributed by atoms with Crippen LogP contribution in [-0.4, -0.2) is 80.7 Å². The smallest absolute Gasteiger partial charge is 0.225 e. The number of aromatic nitrogens is 3. The Morgan fingerprint density at radius 2 is 1.78 bits per heavy atom. The van der Waals surface area contributed by atoms with Gasteiger partial charge in [-0.1, -0.05) is 13.3 Å². The summed E-state index contributed by atoms with van der Waals surface area (Å²) < 4.78 is 2.38. The van der Waals surface area contributed by atoms with Crippen LogP contribution < -0.4 is 5.32 Å². The Balaban J connectivity index is 1.34. The number of likely N-dealkylation sites (tertiary alicyclic amines) is 2. The highest BCUT2D eigenvalue weighted by Gasteiger charge is 2.32. The van der Waals surface area contributed by atoms with E-state index < -0.39 is 0 Å². The lowest BCUT2D eigenvalue weighted by atomic mass is 9.88. The van der Waals surface area contributed by atoms with E-state index in [2.05, 4.69) is 46.8 Å². The zero-order chi connectivity index (χ0) is 25.9. The van der Waals surface area contributed by atoms with Gasteiger partial charge >= 0.3 is 0 Å². The summed E-state index contributed by atoms with van der Waals surface area (Å²) in [4.78, 5) is 27.4. The molecule has 2 saturated heterocycles.